The number of nitrogens with zero attached hydrogens (tertiary/aromatic N) is 2. The molecule has 1 atom stereocenters. The van der Waals surface area contributed by atoms with E-state index in [4.69, 9.17) is 10.5 Å². The fraction of sp³-hybridized carbons (Fsp3) is 0.562. The number of hydrogen-bond acceptors (Lipinski definition) is 4. The van der Waals surface area contributed by atoms with Gasteiger partial charge >= 0.3 is 0 Å². The molecular formula is C16H23N3O2. The van der Waals surface area contributed by atoms with Gasteiger partial charge in [0, 0.05) is 32.2 Å². The minimum Gasteiger partial charge on any atom is -0.484 e. The zero-order valence-electron chi connectivity index (χ0n) is 12.5. The van der Waals surface area contributed by atoms with E-state index < -0.39 is 0 Å². The van der Waals surface area contributed by atoms with Gasteiger partial charge in [-0.2, -0.15) is 0 Å². The Balaban J connectivity index is 1.54. The van der Waals surface area contributed by atoms with Crippen LogP contribution >= 0.6 is 0 Å². The average Bonchev–Trinajstić information content (AvgIpc) is 2.86. The molecule has 114 valence electrons. The zero-order valence-corrected chi connectivity index (χ0v) is 12.5. The fourth-order valence-corrected chi connectivity index (χ4v) is 3.01. The predicted octanol–water partition coefficient (Wildman–Crippen LogP) is 0.785. The van der Waals surface area contributed by atoms with E-state index in [-0.39, 0.29) is 18.6 Å². The van der Waals surface area contributed by atoms with Crippen molar-refractivity contribution in [3.63, 3.8) is 0 Å². The molecule has 1 heterocycles. The summed E-state index contributed by atoms with van der Waals surface area (Å²) in [6.45, 7) is 3.56. The maximum atomic E-state index is 12.1. The largest absolute Gasteiger partial charge is 0.484 e. The highest BCUT2D eigenvalue weighted by Crippen LogP contribution is 2.31. The van der Waals surface area contributed by atoms with E-state index in [9.17, 15) is 4.79 Å². The highest BCUT2D eigenvalue weighted by molar-refractivity contribution is 5.77. The topological polar surface area (TPSA) is 58.8 Å². The van der Waals surface area contributed by atoms with Crippen LogP contribution in [0.25, 0.3) is 0 Å². The van der Waals surface area contributed by atoms with E-state index in [1.807, 2.05) is 23.1 Å². The Morgan fingerprint density at radius 2 is 2.10 bits per heavy atom. The Morgan fingerprint density at radius 1 is 1.33 bits per heavy atom. The lowest BCUT2D eigenvalue weighted by molar-refractivity contribution is -0.134. The molecule has 0 unspecified atom stereocenters. The van der Waals surface area contributed by atoms with E-state index in [1.165, 1.54) is 11.1 Å². The summed E-state index contributed by atoms with van der Waals surface area (Å²) in [7, 11) is 2.08. The predicted molar refractivity (Wildman–Crippen MR) is 81.3 cm³/mol. The van der Waals surface area contributed by atoms with Crippen molar-refractivity contribution in [2.45, 2.75) is 18.9 Å². The number of nitrogens with two attached hydrogens (primary N) is 1. The summed E-state index contributed by atoms with van der Waals surface area (Å²) in [5.41, 5.74) is 8.49. The molecule has 21 heavy (non-hydrogen) atoms. The summed E-state index contributed by atoms with van der Waals surface area (Å²) >= 11 is 0. The van der Waals surface area contributed by atoms with Crippen molar-refractivity contribution in [2.75, 3.05) is 39.8 Å². The van der Waals surface area contributed by atoms with Gasteiger partial charge in [-0.05, 0) is 43.1 Å². The van der Waals surface area contributed by atoms with Crippen molar-refractivity contribution in [3.8, 4) is 5.75 Å². The quantitative estimate of drug-likeness (QED) is 0.893. The van der Waals surface area contributed by atoms with Crippen LogP contribution in [0.2, 0.25) is 0 Å². The van der Waals surface area contributed by atoms with Gasteiger partial charge in [0.25, 0.3) is 5.91 Å². The first-order valence-electron chi connectivity index (χ1n) is 7.61. The molecule has 1 amide bonds. The Morgan fingerprint density at radius 3 is 2.86 bits per heavy atom. The number of benzene rings is 1. The number of carbonyl (C=O) groups is 1. The second-order valence-electron chi connectivity index (χ2n) is 5.98. The van der Waals surface area contributed by atoms with Gasteiger partial charge in [-0.1, -0.05) is 6.07 Å². The molecule has 0 aromatic heterocycles. The molecule has 2 N–H and O–H groups in total. The molecule has 1 aromatic carbocycles. The van der Waals surface area contributed by atoms with Crippen LogP contribution < -0.4 is 10.5 Å². The van der Waals surface area contributed by atoms with Gasteiger partial charge < -0.3 is 20.3 Å². The Labute approximate surface area is 125 Å². The number of aryl methyl sites for hydroxylation is 1. The molecule has 3 rings (SSSR count). The zero-order chi connectivity index (χ0) is 14.8. The fourth-order valence-electron chi connectivity index (χ4n) is 3.01. The highest BCUT2D eigenvalue weighted by Gasteiger charge is 2.21. The Bertz CT molecular complexity index is 524. The number of ether oxygens (including phenoxy) is 1. The first-order chi connectivity index (χ1) is 10.1. The van der Waals surface area contributed by atoms with Gasteiger partial charge in [0.05, 0.1) is 0 Å². The number of piperazine rings is 1. The van der Waals surface area contributed by atoms with Gasteiger partial charge in [0.15, 0.2) is 6.61 Å². The normalized spacial score (nSPS) is 22.2. The molecule has 1 aliphatic heterocycles. The molecule has 1 fully saturated rings. The summed E-state index contributed by atoms with van der Waals surface area (Å²) in [4.78, 5) is 16.2. The van der Waals surface area contributed by atoms with Crippen LogP contribution in [0.5, 0.6) is 5.75 Å². The van der Waals surface area contributed by atoms with E-state index in [1.54, 1.807) is 0 Å². The minimum atomic E-state index is 0.0697. The smallest absolute Gasteiger partial charge is 0.260 e. The van der Waals surface area contributed by atoms with Crippen LogP contribution in [0.3, 0.4) is 0 Å². The lowest BCUT2D eigenvalue weighted by atomic mass is 10.1. The van der Waals surface area contributed by atoms with Gasteiger partial charge in [0.2, 0.25) is 0 Å². The van der Waals surface area contributed by atoms with Gasteiger partial charge in [-0.25, -0.2) is 0 Å². The summed E-state index contributed by atoms with van der Waals surface area (Å²) < 4.78 is 5.66. The maximum absolute atomic E-state index is 12.1. The average molecular weight is 289 g/mol. The van der Waals surface area contributed by atoms with Crippen LogP contribution in [0.4, 0.5) is 0 Å². The van der Waals surface area contributed by atoms with Crippen LogP contribution in [-0.4, -0.2) is 55.5 Å². The number of rotatable bonds is 3. The highest BCUT2D eigenvalue weighted by atomic mass is 16.5. The summed E-state index contributed by atoms with van der Waals surface area (Å²) in [6.07, 6.45) is 2.00. The first kappa shape index (κ1) is 14.4. The lowest BCUT2D eigenvalue weighted by Gasteiger charge is -2.32. The molecule has 5 heteroatoms. The Hall–Kier alpha value is -1.59. The molecule has 0 radical (unpaired) electrons. The van der Waals surface area contributed by atoms with Crippen molar-refractivity contribution >= 4 is 5.91 Å². The number of likely N-dealkylation sites (N-methyl/N-ethyl adjacent to an activating group) is 1. The molecule has 1 aromatic rings. The van der Waals surface area contributed by atoms with Crippen LogP contribution in [0, 0.1) is 0 Å². The SMILES string of the molecule is CN1CCN(C(=O)COc2ccc3c(c2)CC[C@@H]3N)CC1. The van der Waals surface area contributed by atoms with Crippen LogP contribution in [-0.2, 0) is 11.2 Å². The van der Waals surface area contributed by atoms with E-state index in [0.717, 1.165) is 44.8 Å². The molecule has 1 saturated heterocycles. The van der Waals surface area contributed by atoms with Crippen molar-refractivity contribution in [2.24, 2.45) is 5.73 Å². The molecular weight excluding hydrogens is 266 g/mol. The summed E-state index contributed by atoms with van der Waals surface area (Å²) in [6, 6.07) is 6.13. The molecule has 5 nitrogen and oxygen atoms in total. The number of carbonyl (C=O) groups excluding carboxylic acids is 1. The number of hydrogen-bond donors (Lipinski definition) is 1. The second-order valence-corrected chi connectivity index (χ2v) is 5.98. The molecule has 1 aliphatic carbocycles. The first-order valence-corrected chi connectivity index (χ1v) is 7.61. The van der Waals surface area contributed by atoms with Gasteiger partial charge in [-0.3, -0.25) is 4.79 Å². The second kappa shape index (κ2) is 6.03. The van der Waals surface area contributed by atoms with E-state index in [2.05, 4.69) is 11.9 Å². The number of amides is 1. The standard InChI is InChI=1S/C16H23N3O2/c1-18-6-8-19(9-7-18)16(20)11-21-13-3-4-14-12(10-13)2-5-15(14)17/h3-4,10,15H,2,5-9,11,17H2,1H3/t15-/m0/s1. The summed E-state index contributed by atoms with van der Waals surface area (Å²) in [5, 5.41) is 0. The Kier molecular flexibility index (Phi) is 4.12. The van der Waals surface area contributed by atoms with Crippen molar-refractivity contribution in [1.82, 2.24) is 9.80 Å². The monoisotopic (exact) mass is 289 g/mol. The van der Waals surface area contributed by atoms with Crippen LogP contribution in [0.15, 0.2) is 18.2 Å². The third-order valence-corrected chi connectivity index (χ3v) is 4.46. The third-order valence-electron chi connectivity index (χ3n) is 4.46. The summed E-state index contributed by atoms with van der Waals surface area (Å²) in [5.74, 6) is 0.839. The lowest BCUT2D eigenvalue weighted by Crippen LogP contribution is -2.48. The molecule has 2 aliphatic rings. The third kappa shape index (κ3) is 3.19. The maximum Gasteiger partial charge on any atom is 0.260 e. The van der Waals surface area contributed by atoms with Gasteiger partial charge in [-0.15, -0.1) is 0 Å². The number of fused-ring (bicyclic) bond motifs is 1. The molecule has 0 bridgehead atoms. The minimum absolute atomic E-state index is 0.0697. The van der Waals surface area contributed by atoms with Crippen molar-refractivity contribution in [3.05, 3.63) is 29.3 Å². The van der Waals surface area contributed by atoms with Crippen LogP contribution in [0.1, 0.15) is 23.6 Å². The molecule has 0 saturated carbocycles. The van der Waals surface area contributed by atoms with E-state index in [0.29, 0.717) is 0 Å². The molecule has 0 spiro atoms. The van der Waals surface area contributed by atoms with Gasteiger partial charge in [0.1, 0.15) is 5.75 Å². The van der Waals surface area contributed by atoms with Crippen molar-refractivity contribution in [1.29, 1.82) is 0 Å². The van der Waals surface area contributed by atoms with Crippen molar-refractivity contribution < 1.29 is 9.53 Å². The van der Waals surface area contributed by atoms with E-state index >= 15 is 0 Å².